The molecule has 0 saturated heterocycles. The van der Waals surface area contributed by atoms with E-state index in [4.69, 9.17) is 0 Å². The fourth-order valence-electron chi connectivity index (χ4n) is 1.80. The average Bonchev–Trinajstić information content (AvgIpc) is 2.40. The van der Waals surface area contributed by atoms with Crippen LogP contribution in [0.1, 0.15) is 18.2 Å². The highest BCUT2D eigenvalue weighted by Crippen LogP contribution is 2.32. The zero-order valence-corrected chi connectivity index (χ0v) is 11.4. The zero-order valence-electron chi connectivity index (χ0n) is 11.4. The van der Waals surface area contributed by atoms with Crippen LogP contribution in [-0.4, -0.2) is 16.5 Å². The highest BCUT2D eigenvalue weighted by Gasteiger charge is 2.34. The van der Waals surface area contributed by atoms with Gasteiger partial charge in [0.1, 0.15) is 5.82 Å². The molecule has 0 aliphatic rings. The van der Waals surface area contributed by atoms with Gasteiger partial charge in [-0.1, -0.05) is 11.6 Å². The Morgan fingerprint density at radius 1 is 1.14 bits per heavy atom. The Kier molecular flexibility index (Phi) is 4.11. The van der Waals surface area contributed by atoms with Crippen molar-refractivity contribution in [3.05, 3.63) is 41.3 Å². The van der Waals surface area contributed by atoms with E-state index in [0.29, 0.717) is 6.54 Å². The van der Waals surface area contributed by atoms with Crippen molar-refractivity contribution in [2.24, 2.45) is 0 Å². The van der Waals surface area contributed by atoms with Gasteiger partial charge in [0.2, 0.25) is 5.95 Å². The Bertz CT molecular complexity index is 653. The maximum Gasteiger partial charge on any atom is 0.433 e. The van der Waals surface area contributed by atoms with E-state index in [1.165, 1.54) is 18.2 Å². The first kappa shape index (κ1) is 15.2. The molecule has 0 aliphatic heterocycles. The van der Waals surface area contributed by atoms with Crippen LogP contribution in [0.2, 0.25) is 0 Å². The molecule has 2 aromatic rings. The smallest absolute Gasteiger partial charge is 0.354 e. The van der Waals surface area contributed by atoms with Gasteiger partial charge in [-0.3, -0.25) is 0 Å². The summed E-state index contributed by atoms with van der Waals surface area (Å²) in [6, 6.07) is 4.94. The van der Waals surface area contributed by atoms with Crippen LogP contribution in [0.5, 0.6) is 0 Å². The van der Waals surface area contributed by atoms with E-state index in [1.807, 2.05) is 0 Å². The number of benzene rings is 1. The molecule has 1 N–H and O–H groups in total. The predicted molar refractivity (Wildman–Crippen MR) is 71.3 cm³/mol. The molecule has 0 amide bonds. The van der Waals surface area contributed by atoms with Gasteiger partial charge in [-0.25, -0.2) is 14.4 Å². The number of hydrogen-bond acceptors (Lipinski definition) is 3. The molecule has 112 valence electrons. The standard InChI is InChI=1S/C14H13F4N3/c1-3-19-13-20-11(7-12(21-13)14(16,17)18)9-6-8(2)4-5-10(9)15/h4-7H,3H2,1-2H3,(H,19,20,21). The summed E-state index contributed by atoms with van der Waals surface area (Å²) < 4.78 is 52.5. The van der Waals surface area contributed by atoms with Gasteiger partial charge in [0.05, 0.1) is 5.69 Å². The van der Waals surface area contributed by atoms with Gasteiger partial charge in [-0.05, 0) is 32.0 Å². The second-order valence-corrected chi connectivity index (χ2v) is 4.47. The van der Waals surface area contributed by atoms with Crippen LogP contribution in [0.25, 0.3) is 11.3 Å². The van der Waals surface area contributed by atoms with Crippen molar-refractivity contribution in [3.8, 4) is 11.3 Å². The number of halogens is 4. The van der Waals surface area contributed by atoms with Crippen molar-refractivity contribution >= 4 is 5.95 Å². The van der Waals surface area contributed by atoms with E-state index in [0.717, 1.165) is 11.6 Å². The molecule has 0 bridgehead atoms. The number of rotatable bonds is 3. The van der Waals surface area contributed by atoms with E-state index in [2.05, 4.69) is 15.3 Å². The molecule has 0 saturated carbocycles. The summed E-state index contributed by atoms with van der Waals surface area (Å²) in [7, 11) is 0. The molecule has 1 aromatic carbocycles. The Morgan fingerprint density at radius 3 is 2.48 bits per heavy atom. The second kappa shape index (κ2) is 5.67. The topological polar surface area (TPSA) is 37.8 Å². The Labute approximate surface area is 119 Å². The first-order valence-corrected chi connectivity index (χ1v) is 6.28. The third-order valence-corrected chi connectivity index (χ3v) is 2.75. The number of alkyl halides is 3. The third-order valence-electron chi connectivity index (χ3n) is 2.75. The molecule has 0 spiro atoms. The minimum atomic E-state index is -4.62. The summed E-state index contributed by atoms with van der Waals surface area (Å²) in [5.41, 5.74) is -0.468. The van der Waals surface area contributed by atoms with E-state index in [1.54, 1.807) is 13.8 Å². The molecular weight excluding hydrogens is 286 g/mol. The van der Waals surface area contributed by atoms with Gasteiger partial charge in [-0.2, -0.15) is 13.2 Å². The summed E-state index contributed by atoms with van der Waals surface area (Å²) in [6.07, 6.45) is -4.62. The molecule has 1 aromatic heterocycles. The lowest BCUT2D eigenvalue weighted by Crippen LogP contribution is -2.12. The molecule has 7 heteroatoms. The van der Waals surface area contributed by atoms with Gasteiger partial charge in [0.25, 0.3) is 0 Å². The summed E-state index contributed by atoms with van der Waals surface area (Å²) >= 11 is 0. The van der Waals surface area contributed by atoms with Crippen LogP contribution in [0.3, 0.4) is 0 Å². The van der Waals surface area contributed by atoms with Gasteiger partial charge in [-0.15, -0.1) is 0 Å². The van der Waals surface area contributed by atoms with Gasteiger partial charge in [0.15, 0.2) is 5.69 Å². The first-order chi connectivity index (χ1) is 9.81. The molecule has 0 unspecified atom stereocenters. The molecule has 3 nitrogen and oxygen atoms in total. The van der Waals surface area contributed by atoms with Crippen molar-refractivity contribution in [2.45, 2.75) is 20.0 Å². The summed E-state index contributed by atoms with van der Waals surface area (Å²) in [4.78, 5) is 7.35. The van der Waals surface area contributed by atoms with Crippen LogP contribution in [-0.2, 0) is 6.18 Å². The van der Waals surface area contributed by atoms with Crippen LogP contribution < -0.4 is 5.32 Å². The normalized spacial score (nSPS) is 11.5. The molecule has 21 heavy (non-hydrogen) atoms. The number of nitrogens with zero attached hydrogens (tertiary/aromatic N) is 2. The van der Waals surface area contributed by atoms with Crippen molar-refractivity contribution in [1.82, 2.24) is 9.97 Å². The van der Waals surface area contributed by atoms with Gasteiger partial charge < -0.3 is 5.32 Å². The lowest BCUT2D eigenvalue weighted by molar-refractivity contribution is -0.141. The molecule has 0 atom stereocenters. The van der Waals surface area contributed by atoms with E-state index in [-0.39, 0.29) is 17.2 Å². The first-order valence-electron chi connectivity index (χ1n) is 6.28. The summed E-state index contributed by atoms with van der Waals surface area (Å²) in [5, 5.41) is 2.62. The predicted octanol–water partition coefficient (Wildman–Crippen LogP) is 4.04. The molecule has 0 aliphatic carbocycles. The van der Waals surface area contributed by atoms with Crippen molar-refractivity contribution < 1.29 is 17.6 Å². The van der Waals surface area contributed by atoms with Gasteiger partial charge >= 0.3 is 6.18 Å². The highest BCUT2D eigenvalue weighted by atomic mass is 19.4. The number of aryl methyl sites for hydroxylation is 1. The minimum Gasteiger partial charge on any atom is -0.354 e. The molecule has 2 rings (SSSR count). The van der Waals surface area contributed by atoms with E-state index >= 15 is 0 Å². The average molecular weight is 299 g/mol. The molecule has 0 fully saturated rings. The quantitative estimate of drug-likeness (QED) is 0.869. The van der Waals surface area contributed by atoms with E-state index in [9.17, 15) is 17.6 Å². The van der Waals surface area contributed by atoms with Crippen LogP contribution >= 0.6 is 0 Å². The van der Waals surface area contributed by atoms with Crippen LogP contribution in [0, 0.1) is 12.7 Å². The van der Waals surface area contributed by atoms with Crippen LogP contribution in [0.15, 0.2) is 24.3 Å². The Hall–Kier alpha value is -2.18. The lowest BCUT2D eigenvalue weighted by Gasteiger charge is -2.11. The number of aromatic nitrogens is 2. The summed E-state index contributed by atoms with van der Waals surface area (Å²) in [5.74, 6) is -0.807. The maximum absolute atomic E-state index is 13.8. The Morgan fingerprint density at radius 2 is 1.86 bits per heavy atom. The highest BCUT2D eigenvalue weighted by molar-refractivity contribution is 5.62. The zero-order chi connectivity index (χ0) is 15.6. The monoisotopic (exact) mass is 299 g/mol. The van der Waals surface area contributed by atoms with Crippen LogP contribution in [0.4, 0.5) is 23.5 Å². The SMILES string of the molecule is CCNc1nc(-c2cc(C)ccc2F)cc(C(F)(F)F)n1. The number of anilines is 1. The van der Waals surface area contributed by atoms with Gasteiger partial charge in [0, 0.05) is 12.1 Å². The fourth-order valence-corrected chi connectivity index (χ4v) is 1.80. The van der Waals surface area contributed by atoms with Crippen molar-refractivity contribution in [1.29, 1.82) is 0 Å². The number of hydrogen-bond donors (Lipinski definition) is 1. The largest absolute Gasteiger partial charge is 0.433 e. The fraction of sp³-hybridized carbons (Fsp3) is 0.286. The maximum atomic E-state index is 13.8. The molecule has 0 radical (unpaired) electrons. The van der Waals surface area contributed by atoms with Crippen molar-refractivity contribution in [3.63, 3.8) is 0 Å². The Balaban J connectivity index is 2.62. The molecule has 1 heterocycles. The van der Waals surface area contributed by atoms with E-state index < -0.39 is 17.7 Å². The summed E-state index contributed by atoms with van der Waals surface area (Å²) in [6.45, 7) is 3.79. The second-order valence-electron chi connectivity index (χ2n) is 4.47. The third kappa shape index (κ3) is 3.48. The minimum absolute atomic E-state index is 0.0158. The van der Waals surface area contributed by atoms with Crippen molar-refractivity contribution in [2.75, 3.05) is 11.9 Å². The molecular formula is C14H13F4N3. The lowest BCUT2D eigenvalue weighted by atomic mass is 10.1. The number of nitrogens with one attached hydrogen (secondary N) is 1.